The molecule has 42 heavy (non-hydrogen) atoms. The fourth-order valence-corrected chi connectivity index (χ4v) is 32.0. The molecule has 1 heterocycles. The van der Waals surface area contributed by atoms with Crippen molar-refractivity contribution in [3.8, 4) is 0 Å². The second-order valence-corrected chi connectivity index (χ2v) is 28.0. The highest BCUT2D eigenvalue weighted by atomic mass is 28.5. The Morgan fingerprint density at radius 3 is 1.55 bits per heavy atom. The van der Waals surface area contributed by atoms with Gasteiger partial charge in [0.1, 0.15) is 0 Å². The van der Waals surface area contributed by atoms with Crippen molar-refractivity contribution in [2.75, 3.05) is 16.9 Å². The van der Waals surface area contributed by atoms with Gasteiger partial charge in [-0.2, -0.15) is 0 Å². The van der Waals surface area contributed by atoms with E-state index in [1.165, 1.54) is 22.7 Å². The maximum Gasteiger partial charge on any atom is 0.272 e. The van der Waals surface area contributed by atoms with E-state index in [1.807, 2.05) is 0 Å². The molecular weight excluding hydrogens is 595 g/mol. The van der Waals surface area contributed by atoms with Crippen molar-refractivity contribution in [1.29, 1.82) is 0 Å². The van der Waals surface area contributed by atoms with E-state index in [9.17, 15) is 0 Å². The lowest BCUT2D eigenvalue weighted by Crippen LogP contribution is -2.81. The van der Waals surface area contributed by atoms with Crippen molar-refractivity contribution in [2.45, 2.75) is 26.2 Å². The van der Waals surface area contributed by atoms with Crippen molar-refractivity contribution in [3.63, 3.8) is 0 Å². The van der Waals surface area contributed by atoms with Crippen LogP contribution in [0.5, 0.6) is 0 Å². The van der Waals surface area contributed by atoms with Crippen LogP contribution < -0.4 is 16.9 Å². The lowest BCUT2D eigenvalue weighted by Gasteiger charge is -2.60. The van der Waals surface area contributed by atoms with Gasteiger partial charge in [0.05, 0.1) is 0 Å². The number of hydrogen-bond acceptors (Lipinski definition) is 5. The van der Waals surface area contributed by atoms with Gasteiger partial charge in [0, 0.05) is 22.7 Å². The summed E-state index contributed by atoms with van der Waals surface area (Å²) in [4.78, 5) is 0. The molecule has 5 nitrogen and oxygen atoms in total. The van der Waals surface area contributed by atoms with E-state index < -0.39 is 45.6 Å². The van der Waals surface area contributed by atoms with Crippen molar-refractivity contribution in [2.24, 2.45) is 0 Å². The predicted molar refractivity (Wildman–Crippen MR) is 197 cm³/mol. The van der Waals surface area contributed by atoms with E-state index in [1.54, 1.807) is 0 Å². The van der Waals surface area contributed by atoms with E-state index in [0.717, 1.165) is 0 Å². The normalized spacial score (nSPS) is 22.3. The number of nitrogens with zero attached hydrogens (tertiary/aromatic N) is 5. The molecule has 0 aromatic heterocycles. The Morgan fingerprint density at radius 1 is 0.619 bits per heavy atom. The summed E-state index contributed by atoms with van der Waals surface area (Å²) in [6.07, 6.45) is 2.13. The molecule has 0 aliphatic carbocycles. The van der Waals surface area contributed by atoms with Crippen LogP contribution in [0, 0.1) is 0 Å². The van der Waals surface area contributed by atoms with Gasteiger partial charge in [-0.3, -0.25) is 0 Å². The number of anilines is 4. The van der Waals surface area contributed by atoms with Crippen LogP contribution in [0.1, 0.15) is 0 Å². The highest BCUT2D eigenvalue weighted by Gasteiger charge is 2.52. The Kier molecular flexibility index (Phi) is 9.09. The molecule has 0 saturated carbocycles. The van der Waals surface area contributed by atoms with Crippen LogP contribution in [-0.2, 0) is 0 Å². The largest absolute Gasteiger partial charge is 0.402 e. The average Bonchev–Trinajstić information content (AvgIpc) is 3.02. The standard InChI is InChI=1S/C32H43N5Si5/c1-7-33-38-34(29-21-13-9-14-22-29)39-35(30-23-15-10-16-24-30)40(3)36(31-25-17-11-18-26-31)41(4,5)37(42(33,6)8-2)32-27-19-12-20-28-32/h7-28,40H,1-2,38-39H2,3-6H3. The summed E-state index contributed by atoms with van der Waals surface area (Å²) in [5, 5.41) is 0. The summed E-state index contributed by atoms with van der Waals surface area (Å²) >= 11 is 0. The molecule has 1 saturated heterocycles. The molecule has 4 aromatic carbocycles. The summed E-state index contributed by atoms with van der Waals surface area (Å²) < 4.78 is 14.0. The highest BCUT2D eigenvalue weighted by Crippen LogP contribution is 2.37. The van der Waals surface area contributed by atoms with Crippen molar-refractivity contribution in [1.82, 2.24) is 4.23 Å². The van der Waals surface area contributed by atoms with Crippen LogP contribution in [0.25, 0.3) is 0 Å². The molecule has 1 aliphatic rings. The Morgan fingerprint density at radius 2 is 1.07 bits per heavy atom. The minimum absolute atomic E-state index is 0.914. The van der Waals surface area contributed by atoms with E-state index in [-0.39, 0.29) is 0 Å². The smallest absolute Gasteiger partial charge is 0.272 e. The Hall–Kier alpha value is -3.56. The predicted octanol–water partition coefficient (Wildman–Crippen LogP) is 5.82. The molecular formula is C32H43N5Si5. The average molecular weight is 638 g/mol. The monoisotopic (exact) mass is 637 g/mol. The van der Waals surface area contributed by atoms with Crippen molar-refractivity contribution in [3.05, 3.63) is 146 Å². The van der Waals surface area contributed by atoms with Gasteiger partial charge in [0.2, 0.25) is 37.2 Å². The molecule has 1 aliphatic heterocycles. The number of para-hydroxylation sites is 4. The van der Waals surface area contributed by atoms with Gasteiger partial charge in [0.25, 0.3) is 8.40 Å². The zero-order valence-electron chi connectivity index (χ0n) is 25.3. The number of hydrogen-bond donors (Lipinski definition) is 0. The summed E-state index contributed by atoms with van der Waals surface area (Å²) in [7, 11) is -8.53. The third-order valence-corrected chi connectivity index (χ3v) is 31.1. The van der Waals surface area contributed by atoms with Crippen LogP contribution >= 0.6 is 0 Å². The van der Waals surface area contributed by atoms with Crippen molar-refractivity contribution >= 4 is 68.3 Å². The molecule has 10 heteroatoms. The molecule has 2 unspecified atom stereocenters. The molecule has 2 atom stereocenters. The molecule has 4 aromatic rings. The molecule has 0 bridgehead atoms. The van der Waals surface area contributed by atoms with E-state index in [0.29, 0.717) is 0 Å². The summed E-state index contributed by atoms with van der Waals surface area (Å²) in [5.41, 5.74) is 7.55. The first-order valence-corrected chi connectivity index (χ1v) is 24.7. The van der Waals surface area contributed by atoms with Gasteiger partial charge in [0.15, 0.2) is 0 Å². The van der Waals surface area contributed by atoms with Gasteiger partial charge in [-0.25, -0.2) is 0 Å². The third kappa shape index (κ3) is 5.72. The van der Waals surface area contributed by atoms with Gasteiger partial charge in [-0.1, -0.05) is 85.1 Å². The number of rotatable bonds is 6. The van der Waals surface area contributed by atoms with Crippen LogP contribution in [-0.4, -0.2) is 49.8 Å². The fourth-order valence-electron chi connectivity index (χ4n) is 6.51. The second kappa shape index (κ2) is 12.8. The van der Waals surface area contributed by atoms with Crippen molar-refractivity contribution < 1.29 is 0 Å². The van der Waals surface area contributed by atoms with Gasteiger partial charge >= 0.3 is 0 Å². The zero-order chi connectivity index (χ0) is 29.7. The third-order valence-electron chi connectivity index (χ3n) is 8.51. The van der Waals surface area contributed by atoms with E-state index >= 15 is 0 Å². The molecule has 0 amide bonds. The van der Waals surface area contributed by atoms with E-state index in [4.69, 9.17) is 0 Å². The van der Waals surface area contributed by atoms with Gasteiger partial charge < -0.3 is 21.2 Å². The second-order valence-electron chi connectivity index (χ2n) is 11.4. The lowest BCUT2D eigenvalue weighted by molar-refractivity contribution is 0.869. The van der Waals surface area contributed by atoms with Gasteiger partial charge in [-0.05, 0) is 80.9 Å². The first-order chi connectivity index (χ1) is 20.3. The van der Waals surface area contributed by atoms with Crippen LogP contribution in [0.15, 0.2) is 146 Å². The maximum absolute atomic E-state index is 4.55. The Labute approximate surface area is 261 Å². The minimum atomic E-state index is -2.48. The molecule has 5 rings (SSSR count). The molecule has 1 fully saturated rings. The topological polar surface area (TPSA) is 16.2 Å². The Bertz CT molecular complexity index is 1460. The summed E-state index contributed by atoms with van der Waals surface area (Å²) in [5.74, 6) is 0. The minimum Gasteiger partial charge on any atom is -0.402 e. The summed E-state index contributed by atoms with van der Waals surface area (Å²) in [6.45, 7) is 19.1. The van der Waals surface area contributed by atoms with E-state index in [2.05, 4.69) is 194 Å². The highest BCUT2D eigenvalue weighted by molar-refractivity contribution is 7.10. The molecule has 0 spiro atoms. The first-order valence-electron chi connectivity index (χ1n) is 14.7. The van der Waals surface area contributed by atoms with Gasteiger partial charge in [-0.15, -0.1) is 6.58 Å². The lowest BCUT2D eigenvalue weighted by atomic mass is 10.3. The fraction of sp³-hybridized carbons (Fsp3) is 0.125. The van der Waals surface area contributed by atoms with Crippen LogP contribution in [0.3, 0.4) is 0 Å². The molecule has 0 radical (unpaired) electrons. The van der Waals surface area contributed by atoms with Crippen LogP contribution in [0.2, 0.25) is 26.2 Å². The Balaban J connectivity index is 1.81. The molecule has 216 valence electrons. The first kappa shape index (κ1) is 29.9. The zero-order valence-corrected chi connectivity index (χ0v) is 31.3. The maximum atomic E-state index is 4.55. The SMILES string of the molecule is C=CN1[SiH2]N(c2ccccc2)[SiH2]N(c2ccccc2)[SiH](C)N(c2ccccc2)[Si](C)(C)N(c2ccccc2)[Si]1(C)C=C. The quantitative estimate of drug-likeness (QED) is 0.247. The molecule has 0 N–H and O–H groups in total. The summed E-state index contributed by atoms with van der Waals surface area (Å²) in [6, 6.07) is 44.4. The van der Waals surface area contributed by atoms with Crippen LogP contribution in [0.4, 0.5) is 22.7 Å². The number of benzene rings is 4.